The van der Waals surface area contributed by atoms with E-state index in [0.717, 1.165) is 18.1 Å². The normalized spacial score (nSPS) is 24.8. The molecule has 2 aromatic rings. The predicted molar refractivity (Wildman–Crippen MR) is 94.0 cm³/mol. The van der Waals surface area contributed by atoms with Crippen molar-refractivity contribution in [1.29, 1.82) is 0 Å². The average molecular weight is 307 g/mol. The highest BCUT2D eigenvalue weighted by Gasteiger charge is 2.39. The van der Waals surface area contributed by atoms with Crippen molar-refractivity contribution in [2.24, 2.45) is 5.92 Å². The Balaban J connectivity index is 1.60. The second-order valence-electron chi connectivity index (χ2n) is 6.97. The summed E-state index contributed by atoms with van der Waals surface area (Å²) in [4.78, 5) is 2.67. The maximum atomic E-state index is 5.59. The molecule has 120 valence electrons. The zero-order valence-electron chi connectivity index (χ0n) is 14.0. The van der Waals surface area contributed by atoms with Gasteiger partial charge in [0.2, 0.25) is 0 Å². The summed E-state index contributed by atoms with van der Waals surface area (Å²) >= 11 is 0. The molecule has 0 aromatic heterocycles. The maximum absolute atomic E-state index is 5.59. The zero-order chi connectivity index (χ0) is 15.8. The van der Waals surface area contributed by atoms with Gasteiger partial charge in [-0.3, -0.25) is 4.90 Å². The highest BCUT2D eigenvalue weighted by molar-refractivity contribution is 5.45. The Morgan fingerprint density at radius 1 is 1.04 bits per heavy atom. The number of benzene rings is 2. The summed E-state index contributed by atoms with van der Waals surface area (Å²) in [5.74, 6) is 2.54. The molecule has 0 saturated carbocycles. The van der Waals surface area contributed by atoms with E-state index in [-0.39, 0.29) is 0 Å². The molecule has 0 radical (unpaired) electrons. The third kappa shape index (κ3) is 2.55. The van der Waals surface area contributed by atoms with Gasteiger partial charge in [0.25, 0.3) is 0 Å². The van der Waals surface area contributed by atoms with Gasteiger partial charge in [-0.15, -0.1) is 0 Å². The smallest absolute Gasteiger partial charge is 0.122 e. The summed E-state index contributed by atoms with van der Waals surface area (Å²) in [6.07, 6.45) is 2.45. The van der Waals surface area contributed by atoms with Crippen molar-refractivity contribution in [3.63, 3.8) is 0 Å². The zero-order valence-corrected chi connectivity index (χ0v) is 14.0. The van der Waals surface area contributed by atoms with E-state index in [1.807, 2.05) is 0 Å². The Morgan fingerprint density at radius 3 is 2.65 bits per heavy atom. The van der Waals surface area contributed by atoms with Crippen LogP contribution in [0.15, 0.2) is 48.5 Å². The van der Waals surface area contributed by atoms with Gasteiger partial charge >= 0.3 is 0 Å². The molecule has 0 spiro atoms. The fraction of sp³-hybridized carbons (Fsp3) is 0.429. The molecule has 1 aliphatic carbocycles. The molecule has 1 fully saturated rings. The van der Waals surface area contributed by atoms with E-state index in [0.29, 0.717) is 12.0 Å². The Bertz CT molecular complexity index is 681. The minimum atomic E-state index is 0.496. The standard InChI is InChI=1S/C21H25NO/c1-15(16-7-4-3-5-8-16)22-13-17-11-12-19-18(20(17)14-22)9-6-10-21(19)23-2/h3-10,15,17,20H,11-14H2,1-2H3/t15-,17-,20+/m0/s1. The van der Waals surface area contributed by atoms with Crippen LogP contribution >= 0.6 is 0 Å². The third-order valence-electron chi connectivity index (χ3n) is 5.85. The first-order valence-corrected chi connectivity index (χ1v) is 8.72. The quantitative estimate of drug-likeness (QED) is 0.832. The van der Waals surface area contributed by atoms with Gasteiger partial charge < -0.3 is 4.74 Å². The van der Waals surface area contributed by atoms with E-state index >= 15 is 0 Å². The fourth-order valence-electron chi connectivity index (χ4n) is 4.53. The number of fused-ring (bicyclic) bond motifs is 3. The number of likely N-dealkylation sites (tertiary alicyclic amines) is 1. The van der Waals surface area contributed by atoms with Crippen molar-refractivity contribution >= 4 is 0 Å². The molecule has 3 atom stereocenters. The summed E-state index contributed by atoms with van der Waals surface area (Å²) < 4.78 is 5.59. The number of nitrogens with zero attached hydrogens (tertiary/aromatic N) is 1. The number of hydrogen-bond acceptors (Lipinski definition) is 2. The molecule has 1 heterocycles. The van der Waals surface area contributed by atoms with Crippen LogP contribution in [0, 0.1) is 5.92 Å². The Hall–Kier alpha value is -1.80. The fourth-order valence-corrected chi connectivity index (χ4v) is 4.53. The molecule has 23 heavy (non-hydrogen) atoms. The van der Waals surface area contributed by atoms with E-state index < -0.39 is 0 Å². The van der Waals surface area contributed by atoms with Gasteiger partial charge in [0.05, 0.1) is 7.11 Å². The van der Waals surface area contributed by atoms with Gasteiger partial charge in [0, 0.05) is 25.0 Å². The lowest BCUT2D eigenvalue weighted by atomic mass is 9.77. The summed E-state index contributed by atoms with van der Waals surface area (Å²) in [6, 6.07) is 18.0. The van der Waals surface area contributed by atoms with E-state index in [4.69, 9.17) is 4.74 Å². The van der Waals surface area contributed by atoms with Crippen LogP contribution in [0.2, 0.25) is 0 Å². The molecule has 1 saturated heterocycles. The lowest BCUT2D eigenvalue weighted by Crippen LogP contribution is -2.24. The van der Waals surface area contributed by atoms with Crippen LogP contribution in [0.1, 0.15) is 42.0 Å². The van der Waals surface area contributed by atoms with Crippen molar-refractivity contribution in [2.45, 2.75) is 31.7 Å². The number of methoxy groups -OCH3 is 1. The minimum absolute atomic E-state index is 0.496. The van der Waals surface area contributed by atoms with Crippen molar-refractivity contribution in [1.82, 2.24) is 4.90 Å². The Kier molecular flexibility index (Phi) is 3.86. The first-order valence-electron chi connectivity index (χ1n) is 8.72. The van der Waals surface area contributed by atoms with Gasteiger partial charge in [0.15, 0.2) is 0 Å². The molecule has 0 N–H and O–H groups in total. The number of hydrogen-bond donors (Lipinski definition) is 0. The molecule has 2 aliphatic rings. The predicted octanol–water partition coefficient (Wildman–Crippen LogP) is 4.42. The summed E-state index contributed by atoms with van der Waals surface area (Å²) in [5, 5.41) is 0. The van der Waals surface area contributed by atoms with E-state index in [2.05, 4.69) is 60.4 Å². The van der Waals surface area contributed by atoms with Gasteiger partial charge in [-0.25, -0.2) is 0 Å². The lowest BCUT2D eigenvalue weighted by Gasteiger charge is -2.28. The largest absolute Gasteiger partial charge is 0.496 e. The van der Waals surface area contributed by atoms with Crippen molar-refractivity contribution < 1.29 is 4.74 Å². The van der Waals surface area contributed by atoms with Crippen LogP contribution in [-0.2, 0) is 6.42 Å². The van der Waals surface area contributed by atoms with Crippen LogP contribution in [0.4, 0.5) is 0 Å². The highest BCUT2D eigenvalue weighted by atomic mass is 16.5. The van der Waals surface area contributed by atoms with Crippen LogP contribution < -0.4 is 4.74 Å². The van der Waals surface area contributed by atoms with E-state index in [9.17, 15) is 0 Å². The summed E-state index contributed by atoms with van der Waals surface area (Å²) in [7, 11) is 1.79. The maximum Gasteiger partial charge on any atom is 0.122 e. The molecule has 2 aromatic carbocycles. The van der Waals surface area contributed by atoms with Crippen LogP contribution in [0.5, 0.6) is 5.75 Å². The Labute approximate surface area is 139 Å². The topological polar surface area (TPSA) is 12.5 Å². The lowest BCUT2D eigenvalue weighted by molar-refractivity contribution is 0.250. The molecule has 2 nitrogen and oxygen atoms in total. The summed E-state index contributed by atoms with van der Waals surface area (Å²) in [6.45, 7) is 4.73. The molecule has 2 heteroatoms. The average Bonchev–Trinajstić information content (AvgIpc) is 3.06. The minimum Gasteiger partial charge on any atom is -0.496 e. The SMILES string of the molecule is COc1cccc2c1CC[C@H]1CN([C@@H](C)c3ccccc3)C[C@@H]21. The van der Waals surface area contributed by atoms with Crippen LogP contribution in [0.3, 0.4) is 0 Å². The molecular formula is C21H25NO. The Morgan fingerprint density at radius 2 is 1.87 bits per heavy atom. The first-order chi connectivity index (χ1) is 11.3. The van der Waals surface area contributed by atoms with E-state index in [1.54, 1.807) is 7.11 Å². The van der Waals surface area contributed by atoms with Crippen LogP contribution in [0.25, 0.3) is 0 Å². The van der Waals surface area contributed by atoms with Gasteiger partial charge in [-0.2, -0.15) is 0 Å². The molecule has 0 amide bonds. The number of ether oxygens (including phenoxy) is 1. The molecular weight excluding hydrogens is 282 g/mol. The second kappa shape index (κ2) is 6.01. The highest BCUT2D eigenvalue weighted by Crippen LogP contribution is 2.45. The van der Waals surface area contributed by atoms with E-state index in [1.165, 1.54) is 36.2 Å². The molecule has 1 aliphatic heterocycles. The molecule has 4 rings (SSSR count). The second-order valence-corrected chi connectivity index (χ2v) is 6.97. The van der Waals surface area contributed by atoms with Crippen molar-refractivity contribution in [3.8, 4) is 5.75 Å². The monoisotopic (exact) mass is 307 g/mol. The van der Waals surface area contributed by atoms with Gasteiger partial charge in [-0.1, -0.05) is 42.5 Å². The third-order valence-corrected chi connectivity index (χ3v) is 5.85. The van der Waals surface area contributed by atoms with Crippen LogP contribution in [-0.4, -0.2) is 25.1 Å². The van der Waals surface area contributed by atoms with Crippen molar-refractivity contribution in [3.05, 3.63) is 65.2 Å². The molecule has 0 bridgehead atoms. The summed E-state index contributed by atoms with van der Waals surface area (Å²) in [5.41, 5.74) is 4.41. The van der Waals surface area contributed by atoms with Crippen molar-refractivity contribution in [2.75, 3.05) is 20.2 Å². The molecule has 0 unspecified atom stereocenters. The van der Waals surface area contributed by atoms with Gasteiger partial charge in [0.1, 0.15) is 5.75 Å². The van der Waals surface area contributed by atoms with Gasteiger partial charge in [-0.05, 0) is 48.4 Å². The first kappa shape index (κ1) is 14.8. The number of rotatable bonds is 3.